The fourth-order valence-corrected chi connectivity index (χ4v) is 2.13. The number of hydrogen-bond donors (Lipinski definition) is 1. The minimum absolute atomic E-state index is 0. The molecule has 2 N–H and O–H groups in total. The first-order valence-electron chi connectivity index (χ1n) is 3.10. The average Bonchev–Trinajstić information content (AvgIpc) is 2.22. The molecule has 0 unspecified atom stereocenters. The van der Waals surface area contributed by atoms with Gasteiger partial charge in [0.2, 0.25) is 0 Å². The third-order valence-corrected chi connectivity index (χ3v) is 2.60. The molecule has 56 valence electrons. The van der Waals surface area contributed by atoms with Crippen molar-refractivity contribution in [1.82, 2.24) is 4.98 Å². The van der Waals surface area contributed by atoms with Crippen LogP contribution >= 0.6 is 28.3 Å². The van der Waals surface area contributed by atoms with Crippen LogP contribution in [0.4, 0.5) is 5.13 Å². The lowest BCUT2D eigenvalue weighted by molar-refractivity contribution is 0.900. The summed E-state index contributed by atoms with van der Waals surface area (Å²) in [6, 6.07) is 0. The van der Waals surface area contributed by atoms with Crippen LogP contribution in [-0.4, -0.2) is 4.98 Å². The highest BCUT2D eigenvalue weighted by atomic mass is 79.9. The Bertz CT molecular complexity index is 212. The average molecular weight is 221 g/mol. The van der Waals surface area contributed by atoms with Gasteiger partial charge in [0, 0.05) is 4.88 Å². The molecule has 1 heterocycles. The molecular weight excluding hydrogens is 212 g/mol. The summed E-state index contributed by atoms with van der Waals surface area (Å²) < 4.78 is 0. The van der Waals surface area contributed by atoms with E-state index in [1.54, 1.807) is 11.3 Å². The fraction of sp³-hybridized carbons (Fsp3) is 0.500. The minimum Gasteiger partial charge on any atom is -0.375 e. The Kier molecular flexibility index (Phi) is 2.31. The van der Waals surface area contributed by atoms with Gasteiger partial charge in [-0.15, -0.1) is 28.3 Å². The van der Waals surface area contributed by atoms with Crippen LogP contribution in [0.1, 0.15) is 17.0 Å². The maximum atomic E-state index is 5.50. The van der Waals surface area contributed by atoms with Gasteiger partial charge in [-0.25, -0.2) is 4.98 Å². The summed E-state index contributed by atoms with van der Waals surface area (Å²) in [5, 5.41) is 0.736. The van der Waals surface area contributed by atoms with E-state index in [0.29, 0.717) is 0 Å². The molecule has 2 rings (SSSR count). The zero-order valence-electron chi connectivity index (χ0n) is 5.46. The van der Waals surface area contributed by atoms with E-state index in [0.717, 1.165) is 11.6 Å². The zero-order chi connectivity index (χ0) is 6.27. The number of aryl methyl sites for hydroxylation is 2. The van der Waals surface area contributed by atoms with Crippen molar-refractivity contribution in [2.75, 3.05) is 5.73 Å². The number of rotatable bonds is 0. The monoisotopic (exact) mass is 220 g/mol. The number of fused-ring (bicyclic) bond motifs is 1. The summed E-state index contributed by atoms with van der Waals surface area (Å²) in [5.74, 6) is 0. The molecule has 0 aromatic carbocycles. The highest BCUT2D eigenvalue weighted by Crippen LogP contribution is 2.28. The quantitative estimate of drug-likeness (QED) is 0.725. The fourth-order valence-electron chi connectivity index (χ4n) is 1.21. The number of hydrogen-bond acceptors (Lipinski definition) is 3. The van der Waals surface area contributed by atoms with E-state index in [2.05, 4.69) is 4.98 Å². The second kappa shape index (κ2) is 2.88. The van der Waals surface area contributed by atoms with E-state index in [9.17, 15) is 0 Å². The number of nitrogens with two attached hydrogens (primary N) is 1. The van der Waals surface area contributed by atoms with Crippen LogP contribution in [0.2, 0.25) is 0 Å². The number of thiazole rings is 1. The molecule has 0 radical (unpaired) electrons. The van der Waals surface area contributed by atoms with Crippen molar-refractivity contribution >= 4 is 33.4 Å². The Balaban J connectivity index is 0.000000500. The Morgan fingerprint density at radius 2 is 2.20 bits per heavy atom. The molecule has 0 aliphatic heterocycles. The molecule has 10 heavy (non-hydrogen) atoms. The van der Waals surface area contributed by atoms with Gasteiger partial charge in [0.25, 0.3) is 0 Å². The van der Waals surface area contributed by atoms with Gasteiger partial charge in [0.15, 0.2) is 5.13 Å². The summed E-state index contributed by atoms with van der Waals surface area (Å²) in [7, 11) is 0. The molecular formula is C6H9BrN2S. The molecule has 0 amide bonds. The van der Waals surface area contributed by atoms with E-state index in [1.165, 1.54) is 23.4 Å². The summed E-state index contributed by atoms with van der Waals surface area (Å²) in [6.07, 6.45) is 3.61. The smallest absolute Gasteiger partial charge is 0.180 e. The van der Waals surface area contributed by atoms with Gasteiger partial charge in [-0.05, 0) is 19.3 Å². The Morgan fingerprint density at radius 3 is 2.90 bits per heavy atom. The topological polar surface area (TPSA) is 38.9 Å². The maximum Gasteiger partial charge on any atom is 0.180 e. The predicted octanol–water partition coefficient (Wildman–Crippen LogP) is 1.79. The van der Waals surface area contributed by atoms with Crippen molar-refractivity contribution in [2.24, 2.45) is 0 Å². The van der Waals surface area contributed by atoms with Crippen LogP contribution < -0.4 is 5.73 Å². The normalized spacial score (nSPS) is 14.4. The van der Waals surface area contributed by atoms with Crippen LogP contribution in [0.15, 0.2) is 0 Å². The second-order valence-electron chi connectivity index (χ2n) is 2.28. The molecule has 0 fully saturated rings. The molecule has 0 bridgehead atoms. The lowest BCUT2D eigenvalue weighted by atomic mass is 10.4. The van der Waals surface area contributed by atoms with Crippen molar-refractivity contribution in [3.8, 4) is 0 Å². The van der Waals surface area contributed by atoms with Gasteiger partial charge >= 0.3 is 0 Å². The van der Waals surface area contributed by atoms with E-state index >= 15 is 0 Å². The molecule has 1 aromatic heterocycles. The van der Waals surface area contributed by atoms with E-state index in [1.807, 2.05) is 0 Å². The van der Waals surface area contributed by atoms with Crippen molar-refractivity contribution in [2.45, 2.75) is 19.3 Å². The Hall–Kier alpha value is -0.0900. The SMILES string of the molecule is Br.Nc1nc2c(s1)CCC2. The number of aromatic nitrogens is 1. The first-order valence-corrected chi connectivity index (χ1v) is 3.92. The van der Waals surface area contributed by atoms with Gasteiger partial charge in [-0.3, -0.25) is 0 Å². The third-order valence-electron chi connectivity index (χ3n) is 1.61. The van der Waals surface area contributed by atoms with Gasteiger partial charge in [-0.1, -0.05) is 0 Å². The summed E-state index contributed by atoms with van der Waals surface area (Å²) in [4.78, 5) is 5.60. The summed E-state index contributed by atoms with van der Waals surface area (Å²) >= 11 is 1.64. The van der Waals surface area contributed by atoms with Crippen LogP contribution in [-0.2, 0) is 12.8 Å². The predicted molar refractivity (Wildman–Crippen MR) is 48.9 cm³/mol. The van der Waals surface area contributed by atoms with Crippen LogP contribution in [0, 0.1) is 0 Å². The summed E-state index contributed by atoms with van der Waals surface area (Å²) in [6.45, 7) is 0. The molecule has 1 aromatic rings. The minimum atomic E-state index is 0. The summed E-state index contributed by atoms with van der Waals surface area (Å²) in [5.41, 5.74) is 6.74. The second-order valence-corrected chi connectivity index (χ2v) is 3.39. The van der Waals surface area contributed by atoms with Gasteiger partial charge in [-0.2, -0.15) is 0 Å². The molecule has 0 atom stereocenters. The highest BCUT2D eigenvalue weighted by molar-refractivity contribution is 8.93. The van der Waals surface area contributed by atoms with Crippen molar-refractivity contribution in [3.63, 3.8) is 0 Å². The number of halogens is 1. The van der Waals surface area contributed by atoms with Crippen molar-refractivity contribution < 1.29 is 0 Å². The molecule has 0 spiro atoms. The number of anilines is 1. The molecule has 2 nitrogen and oxygen atoms in total. The molecule has 1 aliphatic carbocycles. The number of nitrogens with zero attached hydrogens (tertiary/aromatic N) is 1. The highest BCUT2D eigenvalue weighted by Gasteiger charge is 2.14. The lowest BCUT2D eigenvalue weighted by Gasteiger charge is -1.80. The van der Waals surface area contributed by atoms with Crippen molar-refractivity contribution in [3.05, 3.63) is 10.6 Å². The van der Waals surface area contributed by atoms with Gasteiger partial charge < -0.3 is 5.73 Å². The van der Waals surface area contributed by atoms with Gasteiger partial charge in [0.05, 0.1) is 5.69 Å². The largest absolute Gasteiger partial charge is 0.375 e. The Morgan fingerprint density at radius 1 is 1.40 bits per heavy atom. The van der Waals surface area contributed by atoms with Gasteiger partial charge in [0.1, 0.15) is 0 Å². The maximum absolute atomic E-state index is 5.50. The van der Waals surface area contributed by atoms with E-state index in [-0.39, 0.29) is 17.0 Å². The third kappa shape index (κ3) is 1.18. The molecule has 0 saturated heterocycles. The van der Waals surface area contributed by atoms with E-state index in [4.69, 9.17) is 5.73 Å². The van der Waals surface area contributed by atoms with E-state index < -0.39 is 0 Å². The standard InChI is InChI=1S/C6H8N2S.BrH/c7-6-8-4-2-1-3-5(4)9-6;/h1-3H2,(H2,7,8);1H. The van der Waals surface area contributed by atoms with Crippen molar-refractivity contribution in [1.29, 1.82) is 0 Å². The van der Waals surface area contributed by atoms with Crippen LogP contribution in [0.25, 0.3) is 0 Å². The zero-order valence-corrected chi connectivity index (χ0v) is 7.99. The van der Waals surface area contributed by atoms with Crippen LogP contribution in [0.5, 0.6) is 0 Å². The molecule has 4 heteroatoms. The lowest BCUT2D eigenvalue weighted by Crippen LogP contribution is -1.83. The van der Waals surface area contributed by atoms with Crippen LogP contribution in [0.3, 0.4) is 0 Å². The Labute approximate surface area is 74.2 Å². The molecule has 1 aliphatic rings. The number of nitrogen functional groups attached to an aromatic ring is 1. The molecule has 0 saturated carbocycles. The first kappa shape index (κ1) is 8.01. The first-order chi connectivity index (χ1) is 4.36.